The fraction of sp³-hybridized carbons (Fsp3) is 0.385. The van der Waals surface area contributed by atoms with Gasteiger partial charge in [-0.25, -0.2) is 4.39 Å². The predicted octanol–water partition coefficient (Wildman–Crippen LogP) is 2.39. The number of rotatable bonds is 8. The number of nitrogens with one attached hydrogen (secondary N) is 1. The highest BCUT2D eigenvalue weighted by atomic mass is 127. The van der Waals surface area contributed by atoms with Gasteiger partial charge in [-0.15, -0.1) is 0 Å². The second-order valence-electron chi connectivity index (χ2n) is 4.78. The van der Waals surface area contributed by atoms with Crippen molar-refractivity contribution in [3.8, 4) is 0 Å². The van der Waals surface area contributed by atoms with E-state index < -0.39 is 34.6 Å². The zero-order chi connectivity index (χ0) is 19.2. The van der Waals surface area contributed by atoms with Gasteiger partial charge in [0.05, 0.1) is 12.0 Å². The van der Waals surface area contributed by atoms with Crippen molar-refractivity contribution in [2.24, 2.45) is 0 Å². The maximum atomic E-state index is 13.2. The maximum absolute atomic E-state index is 13.2. The number of carbonyl (C=O) groups excluding carboxylic acids is 2. The fourth-order valence-corrected chi connectivity index (χ4v) is 4.58. The number of hydrogen-bond acceptors (Lipinski definition) is 5. The van der Waals surface area contributed by atoms with Crippen molar-refractivity contribution in [1.82, 2.24) is 5.32 Å². The second-order valence-corrected chi connectivity index (χ2v) is 9.77. The summed E-state index contributed by atoms with van der Waals surface area (Å²) in [6, 6.07) is 3.65. The normalized spacial score (nSPS) is 12.5. The molecular weight excluding hydrogens is 698 g/mol. The Balaban J connectivity index is 2.42. The molecule has 1 aromatic carbocycles. The van der Waals surface area contributed by atoms with Crippen LogP contribution in [0.1, 0.15) is 16.8 Å². The lowest BCUT2D eigenvalue weighted by atomic mass is 10.2. The SMILES string of the molecule is O=C(CCNC(=O)c1cc(I)cc(I)c1I)OCC(F)CS(=O)(=O)O. The molecule has 0 bridgehead atoms. The molecule has 0 saturated heterocycles. The molecule has 1 amide bonds. The molecule has 0 spiro atoms. The highest BCUT2D eigenvalue weighted by Crippen LogP contribution is 2.22. The van der Waals surface area contributed by atoms with E-state index in [0.29, 0.717) is 5.56 Å². The zero-order valence-corrected chi connectivity index (χ0v) is 19.8. The smallest absolute Gasteiger partial charge is 0.307 e. The number of halogens is 4. The largest absolute Gasteiger partial charge is 0.462 e. The van der Waals surface area contributed by atoms with Crippen molar-refractivity contribution in [1.29, 1.82) is 0 Å². The van der Waals surface area contributed by atoms with Gasteiger partial charge in [0.25, 0.3) is 16.0 Å². The van der Waals surface area contributed by atoms with Crippen LogP contribution in [0.4, 0.5) is 4.39 Å². The Labute approximate surface area is 185 Å². The highest BCUT2D eigenvalue weighted by molar-refractivity contribution is 14.1. The number of alkyl halides is 1. The molecule has 0 aliphatic rings. The molecular formula is C13H13FI3NO6S. The van der Waals surface area contributed by atoms with Crippen LogP contribution in [-0.2, 0) is 19.6 Å². The second kappa shape index (κ2) is 10.5. The van der Waals surface area contributed by atoms with Gasteiger partial charge in [-0.2, -0.15) is 8.42 Å². The number of carbonyl (C=O) groups is 2. The average molecular weight is 711 g/mol. The van der Waals surface area contributed by atoms with Crippen molar-refractivity contribution < 1.29 is 31.7 Å². The minimum atomic E-state index is -4.47. The molecule has 2 N–H and O–H groups in total. The molecule has 0 aliphatic heterocycles. The Bertz CT molecular complexity index is 758. The topological polar surface area (TPSA) is 110 Å². The van der Waals surface area contributed by atoms with Crippen LogP contribution >= 0.6 is 67.8 Å². The molecule has 25 heavy (non-hydrogen) atoms. The Kier molecular flexibility index (Phi) is 9.76. The lowest BCUT2D eigenvalue weighted by Gasteiger charge is -2.10. The van der Waals surface area contributed by atoms with Gasteiger partial charge in [0, 0.05) is 17.3 Å². The molecule has 0 fully saturated rings. The highest BCUT2D eigenvalue weighted by Gasteiger charge is 2.18. The van der Waals surface area contributed by atoms with Gasteiger partial charge in [0.15, 0.2) is 6.17 Å². The molecule has 0 heterocycles. The molecule has 0 aliphatic carbocycles. The summed E-state index contributed by atoms with van der Waals surface area (Å²) in [7, 11) is -4.47. The minimum Gasteiger partial charge on any atom is -0.462 e. The zero-order valence-electron chi connectivity index (χ0n) is 12.5. The Hall–Kier alpha value is 0.190. The van der Waals surface area contributed by atoms with Crippen molar-refractivity contribution in [2.45, 2.75) is 12.6 Å². The van der Waals surface area contributed by atoms with Crippen LogP contribution in [-0.4, -0.2) is 49.9 Å². The van der Waals surface area contributed by atoms with Crippen LogP contribution in [0.3, 0.4) is 0 Å². The standard InChI is InChI=1S/C13H13FI3NO6S/c14-7(6-25(21,22)23)5-24-11(19)1-2-18-13(20)9-3-8(15)4-10(16)12(9)17/h3-4,7H,1-2,5-6H2,(H,18,20)(H,21,22,23). The third-order valence-electron chi connectivity index (χ3n) is 2.67. The van der Waals surface area contributed by atoms with E-state index in [1.54, 1.807) is 6.07 Å². The summed E-state index contributed by atoms with van der Waals surface area (Å²) in [5.74, 6) is -2.27. The minimum absolute atomic E-state index is 0.00888. The van der Waals surface area contributed by atoms with Crippen LogP contribution in [0.25, 0.3) is 0 Å². The van der Waals surface area contributed by atoms with Gasteiger partial charge in [-0.1, -0.05) is 0 Å². The van der Waals surface area contributed by atoms with Gasteiger partial charge in [-0.05, 0) is 79.9 Å². The van der Waals surface area contributed by atoms with E-state index >= 15 is 0 Å². The number of amides is 1. The van der Waals surface area contributed by atoms with Crippen molar-refractivity contribution in [3.05, 3.63) is 28.4 Å². The van der Waals surface area contributed by atoms with Crippen LogP contribution in [0.15, 0.2) is 12.1 Å². The number of esters is 1. The van der Waals surface area contributed by atoms with E-state index in [2.05, 4.69) is 77.8 Å². The lowest BCUT2D eigenvalue weighted by molar-refractivity contribution is -0.144. The summed E-state index contributed by atoms with van der Waals surface area (Å²) in [6.45, 7) is -0.787. The van der Waals surface area contributed by atoms with Crippen molar-refractivity contribution in [3.63, 3.8) is 0 Å². The Morgan fingerprint density at radius 1 is 1.28 bits per heavy atom. The molecule has 7 nitrogen and oxygen atoms in total. The molecule has 0 radical (unpaired) electrons. The van der Waals surface area contributed by atoms with Crippen molar-refractivity contribution in [2.75, 3.05) is 18.9 Å². The van der Waals surface area contributed by atoms with Crippen LogP contribution in [0.2, 0.25) is 0 Å². The van der Waals surface area contributed by atoms with E-state index in [0.717, 1.165) is 10.7 Å². The number of ether oxygens (including phenoxy) is 1. The maximum Gasteiger partial charge on any atom is 0.307 e. The summed E-state index contributed by atoms with van der Waals surface area (Å²) in [4.78, 5) is 23.6. The van der Waals surface area contributed by atoms with E-state index in [4.69, 9.17) is 4.55 Å². The Morgan fingerprint density at radius 2 is 1.92 bits per heavy atom. The molecule has 12 heteroatoms. The molecule has 1 atom stereocenters. The summed E-state index contributed by atoms with van der Waals surface area (Å²) in [6.07, 6.45) is -2.20. The molecule has 1 aromatic rings. The third-order valence-corrected chi connectivity index (χ3v) is 7.12. The first-order chi connectivity index (χ1) is 11.5. The van der Waals surface area contributed by atoms with Gasteiger partial charge in [-0.3, -0.25) is 14.1 Å². The van der Waals surface area contributed by atoms with Gasteiger partial charge < -0.3 is 10.1 Å². The summed E-state index contributed by atoms with van der Waals surface area (Å²) in [5.41, 5.74) is 0.488. The van der Waals surface area contributed by atoms with E-state index in [1.165, 1.54) is 0 Å². The first kappa shape index (κ1) is 23.2. The Morgan fingerprint density at radius 3 is 2.52 bits per heavy atom. The van der Waals surface area contributed by atoms with Crippen molar-refractivity contribution >= 4 is 89.8 Å². The lowest BCUT2D eigenvalue weighted by Crippen LogP contribution is -2.28. The van der Waals surface area contributed by atoms with Gasteiger partial charge >= 0.3 is 5.97 Å². The molecule has 1 rings (SSSR count). The molecule has 1 unspecified atom stereocenters. The van der Waals surface area contributed by atoms with Crippen LogP contribution in [0.5, 0.6) is 0 Å². The van der Waals surface area contributed by atoms with Crippen LogP contribution < -0.4 is 5.32 Å². The molecule has 140 valence electrons. The average Bonchev–Trinajstić information content (AvgIpc) is 2.47. The van der Waals surface area contributed by atoms with Gasteiger partial charge in [0.1, 0.15) is 12.4 Å². The van der Waals surface area contributed by atoms with Gasteiger partial charge in [0.2, 0.25) is 0 Å². The fourth-order valence-electron chi connectivity index (χ4n) is 1.63. The molecule has 0 saturated carbocycles. The summed E-state index contributed by atoms with van der Waals surface area (Å²) in [5, 5.41) is 2.57. The quantitative estimate of drug-likeness (QED) is 0.186. The predicted molar refractivity (Wildman–Crippen MR) is 114 cm³/mol. The number of hydrogen-bond donors (Lipinski definition) is 2. The summed E-state index contributed by atoms with van der Waals surface area (Å²) >= 11 is 6.28. The van der Waals surface area contributed by atoms with E-state index in [9.17, 15) is 22.4 Å². The first-order valence-corrected chi connectivity index (χ1v) is 11.5. The number of benzene rings is 1. The van der Waals surface area contributed by atoms with E-state index in [-0.39, 0.29) is 18.9 Å². The first-order valence-electron chi connectivity index (χ1n) is 6.67. The van der Waals surface area contributed by atoms with E-state index in [1.807, 2.05) is 6.07 Å². The summed E-state index contributed by atoms with van der Waals surface area (Å²) < 4.78 is 49.8. The third kappa shape index (κ3) is 9.09. The monoisotopic (exact) mass is 711 g/mol. The van der Waals surface area contributed by atoms with Crippen LogP contribution in [0, 0.1) is 10.7 Å². The molecule has 0 aromatic heterocycles.